The van der Waals surface area contributed by atoms with Crippen molar-refractivity contribution in [1.29, 1.82) is 0 Å². The molecule has 0 aliphatic carbocycles. The molecule has 48 heavy (non-hydrogen) atoms. The van der Waals surface area contributed by atoms with Crippen LogP contribution in [0, 0.1) is 0 Å². The van der Waals surface area contributed by atoms with Crippen molar-refractivity contribution in [1.82, 2.24) is 9.55 Å². The number of hydrogen-bond donors (Lipinski definition) is 1. The molecule has 0 aliphatic heterocycles. The summed E-state index contributed by atoms with van der Waals surface area (Å²) in [5.41, 5.74) is 3.36. The number of carbonyl (C=O) groups is 2. The SMILES string of the molecule is CCCCc1nc2ccc(N(C)C(=O)Nc3ccccc3C(F)(F)F)cc2n1Cc1ccc(-c2ccccc2C(=O)OC(C)(C)C)cc1. The summed E-state index contributed by atoms with van der Waals surface area (Å²) in [5, 5.41) is 2.41. The molecule has 0 radical (unpaired) electrons. The fourth-order valence-corrected chi connectivity index (χ4v) is 5.45. The molecule has 1 N–H and O–H groups in total. The van der Waals surface area contributed by atoms with Crippen molar-refractivity contribution in [3.8, 4) is 11.1 Å². The molecule has 0 saturated heterocycles. The highest BCUT2D eigenvalue weighted by atomic mass is 19.4. The number of imidazole rings is 1. The van der Waals surface area contributed by atoms with E-state index in [1.807, 2.05) is 75.4 Å². The second-order valence-electron chi connectivity index (χ2n) is 12.7. The van der Waals surface area contributed by atoms with E-state index in [-0.39, 0.29) is 11.7 Å². The normalized spacial score (nSPS) is 11.8. The highest BCUT2D eigenvalue weighted by Gasteiger charge is 2.34. The molecule has 250 valence electrons. The van der Waals surface area contributed by atoms with Crippen LogP contribution in [0.4, 0.5) is 29.3 Å². The molecule has 5 rings (SSSR count). The number of rotatable bonds is 9. The van der Waals surface area contributed by atoms with Gasteiger partial charge < -0.3 is 14.6 Å². The Hall–Kier alpha value is -5.12. The van der Waals surface area contributed by atoms with Crippen molar-refractivity contribution in [3.63, 3.8) is 0 Å². The molecular weight excluding hydrogens is 617 g/mol. The van der Waals surface area contributed by atoms with Crippen LogP contribution in [-0.2, 0) is 23.9 Å². The summed E-state index contributed by atoms with van der Waals surface area (Å²) in [5.74, 6) is 0.515. The van der Waals surface area contributed by atoms with Crippen LogP contribution in [0.25, 0.3) is 22.2 Å². The number of unbranched alkanes of at least 4 members (excludes halogenated alkanes) is 1. The summed E-state index contributed by atoms with van der Waals surface area (Å²) in [6.45, 7) is 8.13. The molecule has 7 nitrogen and oxygen atoms in total. The van der Waals surface area contributed by atoms with E-state index < -0.39 is 23.4 Å². The first-order valence-corrected chi connectivity index (χ1v) is 15.9. The van der Waals surface area contributed by atoms with Crippen LogP contribution in [0.1, 0.15) is 67.8 Å². The Bertz CT molecular complexity index is 1920. The standard InChI is InChI=1S/C38H39F3N4O3/c1-6-7-16-34-42-32-22-21-27(44(5)36(47)43-31-15-11-10-14-30(31)38(39,40)41)23-33(32)45(34)24-25-17-19-26(20-18-25)28-12-8-9-13-29(28)35(46)48-37(2,3)4/h8-15,17-23H,6-7,16,24H2,1-5H3,(H,43,47). The Kier molecular flexibility index (Phi) is 9.93. The molecule has 2 amide bonds. The fraction of sp³-hybridized carbons (Fsp3) is 0.289. The number of aryl methyl sites for hydroxylation is 1. The van der Waals surface area contributed by atoms with Gasteiger partial charge in [-0.1, -0.05) is 67.9 Å². The van der Waals surface area contributed by atoms with Crippen LogP contribution in [0.3, 0.4) is 0 Å². The number of para-hydroxylation sites is 1. The monoisotopic (exact) mass is 656 g/mol. The highest BCUT2D eigenvalue weighted by molar-refractivity contribution is 6.03. The maximum absolute atomic E-state index is 13.5. The number of amides is 2. The second-order valence-corrected chi connectivity index (χ2v) is 12.7. The molecule has 0 saturated carbocycles. The first-order chi connectivity index (χ1) is 22.7. The summed E-state index contributed by atoms with van der Waals surface area (Å²) in [7, 11) is 1.51. The largest absolute Gasteiger partial charge is 0.456 e. The van der Waals surface area contributed by atoms with Gasteiger partial charge in [-0.05, 0) is 80.3 Å². The average Bonchev–Trinajstić information content (AvgIpc) is 3.38. The molecule has 5 aromatic rings. The quantitative estimate of drug-likeness (QED) is 0.160. The first kappa shape index (κ1) is 34.2. The van der Waals surface area contributed by atoms with Crippen molar-refractivity contribution in [2.75, 3.05) is 17.3 Å². The van der Waals surface area contributed by atoms with Crippen LogP contribution in [0.15, 0.2) is 91.0 Å². The Morgan fingerprint density at radius 3 is 2.29 bits per heavy atom. The van der Waals surface area contributed by atoms with Gasteiger partial charge in [0.2, 0.25) is 0 Å². The Morgan fingerprint density at radius 1 is 0.917 bits per heavy atom. The maximum Gasteiger partial charge on any atom is 0.418 e. The molecule has 0 fully saturated rings. The Morgan fingerprint density at radius 2 is 1.60 bits per heavy atom. The number of aromatic nitrogens is 2. The predicted octanol–water partition coefficient (Wildman–Crippen LogP) is 9.74. The second kappa shape index (κ2) is 13.9. The van der Waals surface area contributed by atoms with Crippen LogP contribution >= 0.6 is 0 Å². The summed E-state index contributed by atoms with van der Waals surface area (Å²) in [6, 6.07) is 24.9. The molecule has 0 aliphatic rings. The minimum Gasteiger partial charge on any atom is -0.456 e. The molecule has 10 heteroatoms. The third kappa shape index (κ3) is 7.87. The number of nitrogens with one attached hydrogen (secondary N) is 1. The van der Waals surface area contributed by atoms with Gasteiger partial charge in [-0.2, -0.15) is 13.2 Å². The van der Waals surface area contributed by atoms with E-state index >= 15 is 0 Å². The number of benzene rings is 4. The number of fused-ring (bicyclic) bond motifs is 1. The lowest BCUT2D eigenvalue weighted by Crippen LogP contribution is -2.32. The van der Waals surface area contributed by atoms with E-state index in [1.54, 1.807) is 12.1 Å². The van der Waals surface area contributed by atoms with E-state index in [4.69, 9.17) is 9.72 Å². The molecule has 0 unspecified atom stereocenters. The van der Waals surface area contributed by atoms with Gasteiger partial charge in [0.15, 0.2) is 0 Å². The van der Waals surface area contributed by atoms with E-state index in [0.717, 1.165) is 58.9 Å². The third-order valence-corrected chi connectivity index (χ3v) is 7.88. The van der Waals surface area contributed by atoms with Gasteiger partial charge >= 0.3 is 18.2 Å². The number of anilines is 2. The number of hydrogen-bond acceptors (Lipinski definition) is 4. The molecule has 1 aromatic heterocycles. The van der Waals surface area contributed by atoms with Crippen molar-refractivity contribution < 1.29 is 27.5 Å². The smallest absolute Gasteiger partial charge is 0.418 e. The van der Waals surface area contributed by atoms with Crippen LogP contribution < -0.4 is 10.2 Å². The van der Waals surface area contributed by atoms with Gasteiger partial charge in [0.05, 0.1) is 27.8 Å². The number of halogens is 3. The summed E-state index contributed by atoms with van der Waals surface area (Å²) in [6.07, 6.45) is -1.92. The van der Waals surface area contributed by atoms with Gasteiger partial charge in [0, 0.05) is 25.7 Å². The number of carbonyl (C=O) groups excluding carboxylic acids is 2. The van der Waals surface area contributed by atoms with Gasteiger partial charge in [-0.15, -0.1) is 0 Å². The van der Waals surface area contributed by atoms with Crippen molar-refractivity contribution in [2.45, 2.75) is 65.3 Å². The van der Waals surface area contributed by atoms with Gasteiger partial charge in [0.25, 0.3) is 0 Å². The maximum atomic E-state index is 13.5. The topological polar surface area (TPSA) is 76.5 Å². The van der Waals surface area contributed by atoms with Crippen LogP contribution in [-0.4, -0.2) is 34.2 Å². The molecule has 4 aromatic carbocycles. The molecule has 0 bridgehead atoms. The number of alkyl halides is 3. The summed E-state index contributed by atoms with van der Waals surface area (Å²) >= 11 is 0. The number of ether oxygens (including phenoxy) is 1. The van der Waals surface area contributed by atoms with Crippen molar-refractivity contribution in [2.24, 2.45) is 0 Å². The van der Waals surface area contributed by atoms with Gasteiger partial charge in [0.1, 0.15) is 11.4 Å². The lowest BCUT2D eigenvalue weighted by atomic mass is 9.98. The lowest BCUT2D eigenvalue weighted by molar-refractivity contribution is -0.136. The minimum absolute atomic E-state index is 0.313. The minimum atomic E-state index is -4.61. The lowest BCUT2D eigenvalue weighted by Gasteiger charge is -2.21. The van der Waals surface area contributed by atoms with Crippen LogP contribution in [0.5, 0.6) is 0 Å². The number of nitrogens with zero attached hydrogens (tertiary/aromatic N) is 3. The average molecular weight is 657 g/mol. The van der Waals surface area contributed by atoms with Crippen molar-refractivity contribution in [3.05, 3.63) is 114 Å². The molecule has 0 atom stereocenters. The third-order valence-electron chi connectivity index (χ3n) is 7.88. The Balaban J connectivity index is 1.43. The summed E-state index contributed by atoms with van der Waals surface area (Å²) in [4.78, 5) is 32.2. The van der Waals surface area contributed by atoms with Crippen LogP contribution in [0.2, 0.25) is 0 Å². The predicted molar refractivity (Wildman–Crippen MR) is 183 cm³/mol. The van der Waals surface area contributed by atoms with Crippen molar-refractivity contribution >= 4 is 34.4 Å². The van der Waals surface area contributed by atoms with Gasteiger partial charge in [-0.3, -0.25) is 4.90 Å². The Labute approximate surface area is 278 Å². The van der Waals surface area contributed by atoms with E-state index in [2.05, 4.69) is 16.8 Å². The highest BCUT2D eigenvalue weighted by Crippen LogP contribution is 2.35. The molecule has 0 spiro atoms. The zero-order valence-corrected chi connectivity index (χ0v) is 27.7. The number of esters is 1. The van der Waals surface area contributed by atoms with E-state index in [1.165, 1.54) is 30.1 Å². The van der Waals surface area contributed by atoms with E-state index in [9.17, 15) is 22.8 Å². The summed E-state index contributed by atoms with van der Waals surface area (Å²) < 4.78 is 48.3. The molecule has 1 heterocycles. The fourth-order valence-electron chi connectivity index (χ4n) is 5.45. The van der Waals surface area contributed by atoms with E-state index in [0.29, 0.717) is 17.8 Å². The molecular formula is C38H39F3N4O3. The first-order valence-electron chi connectivity index (χ1n) is 15.9. The number of urea groups is 1. The zero-order chi connectivity index (χ0) is 34.6. The zero-order valence-electron chi connectivity index (χ0n) is 27.7. The van der Waals surface area contributed by atoms with Gasteiger partial charge in [-0.25, -0.2) is 14.6 Å².